The molecular weight excluding hydrogens is 430 g/mol. The topological polar surface area (TPSA) is 73.2 Å². The second-order valence-electron chi connectivity index (χ2n) is 7.87. The summed E-state index contributed by atoms with van der Waals surface area (Å²) in [6.07, 6.45) is 0.509. The molecule has 1 saturated heterocycles. The first kappa shape index (κ1) is 22.4. The maximum atomic E-state index is 13.5. The molecule has 3 aromatic rings. The lowest BCUT2D eigenvalue weighted by atomic mass is 10.1. The van der Waals surface area contributed by atoms with Gasteiger partial charge in [-0.15, -0.1) is 0 Å². The number of rotatable bonds is 5. The number of amides is 2. The molecule has 0 spiro atoms. The number of hydrogen-bond donors (Lipinski definition) is 1. The number of para-hydroxylation sites is 2. The number of thioether (sulfide) groups is 1. The average molecular weight is 454 g/mol. The zero-order valence-electron chi connectivity index (χ0n) is 18.4. The normalized spacial score (nSPS) is 16.9. The largest absolute Gasteiger partial charge is 0.321 e. The van der Waals surface area contributed by atoms with E-state index < -0.39 is 11.2 Å². The van der Waals surface area contributed by atoms with Crippen molar-refractivity contribution in [1.29, 1.82) is 5.26 Å². The second kappa shape index (κ2) is 9.76. The van der Waals surface area contributed by atoms with Gasteiger partial charge < -0.3 is 5.32 Å². The van der Waals surface area contributed by atoms with Gasteiger partial charge in [0.25, 0.3) is 5.91 Å². The maximum Gasteiger partial charge on any atom is 0.269 e. The fraction of sp³-hybridized carbons (Fsp3) is 0.148. The van der Waals surface area contributed by atoms with Gasteiger partial charge in [-0.2, -0.15) is 5.26 Å². The zero-order chi connectivity index (χ0) is 23.4. The number of nitrogens with one attached hydrogen (secondary N) is 1. The quantitative estimate of drug-likeness (QED) is 0.416. The van der Waals surface area contributed by atoms with Crippen LogP contribution >= 0.6 is 11.8 Å². The van der Waals surface area contributed by atoms with Crippen LogP contribution in [0.2, 0.25) is 0 Å². The van der Waals surface area contributed by atoms with Gasteiger partial charge in [0.15, 0.2) is 0 Å². The first-order chi connectivity index (χ1) is 16.0. The smallest absolute Gasteiger partial charge is 0.269 e. The average Bonchev–Trinajstić information content (AvgIpc) is 3.13. The number of carbonyl (C=O) groups excluding carboxylic acids is 2. The summed E-state index contributed by atoms with van der Waals surface area (Å²) in [6, 6.07) is 26.6. The summed E-state index contributed by atoms with van der Waals surface area (Å²) in [5.41, 5.74) is 4.26. The van der Waals surface area contributed by atoms with Crippen LogP contribution in [-0.4, -0.2) is 17.1 Å². The van der Waals surface area contributed by atoms with Crippen LogP contribution in [0.4, 0.5) is 11.4 Å². The molecular formula is C27H23N3O2S. The summed E-state index contributed by atoms with van der Waals surface area (Å²) < 4.78 is 0. The van der Waals surface area contributed by atoms with E-state index >= 15 is 0 Å². The van der Waals surface area contributed by atoms with Gasteiger partial charge in [-0.1, -0.05) is 78.0 Å². The molecule has 0 aliphatic carbocycles. The van der Waals surface area contributed by atoms with Gasteiger partial charge in [-0.25, -0.2) is 0 Å². The van der Waals surface area contributed by atoms with Crippen LogP contribution in [0.5, 0.6) is 0 Å². The molecule has 3 aromatic carbocycles. The minimum absolute atomic E-state index is 0.0770. The van der Waals surface area contributed by atoms with Crippen molar-refractivity contribution >= 4 is 35.0 Å². The lowest BCUT2D eigenvalue weighted by molar-refractivity contribution is -0.117. The van der Waals surface area contributed by atoms with Crippen molar-refractivity contribution in [2.24, 2.45) is 0 Å². The first-order valence-electron chi connectivity index (χ1n) is 10.6. The SMILES string of the molecule is Cc1ccc(CC2S/C(=C(/C#N)C(=O)Nc3ccccc3C)N(c3ccccc3)C2=O)cc1. The van der Waals surface area contributed by atoms with E-state index in [0.29, 0.717) is 22.8 Å². The number of carbonyl (C=O) groups is 2. The maximum absolute atomic E-state index is 13.5. The molecule has 0 radical (unpaired) electrons. The zero-order valence-corrected chi connectivity index (χ0v) is 19.2. The van der Waals surface area contributed by atoms with E-state index in [0.717, 1.165) is 16.7 Å². The Morgan fingerprint density at radius 2 is 1.67 bits per heavy atom. The molecule has 1 unspecified atom stereocenters. The Hall–Kier alpha value is -3.82. The fourth-order valence-electron chi connectivity index (χ4n) is 3.64. The third kappa shape index (κ3) is 4.84. The summed E-state index contributed by atoms with van der Waals surface area (Å²) in [4.78, 5) is 28.1. The minimum atomic E-state index is -0.529. The Morgan fingerprint density at radius 1 is 1.00 bits per heavy atom. The van der Waals surface area contributed by atoms with Crippen molar-refractivity contribution in [2.45, 2.75) is 25.5 Å². The fourth-order valence-corrected chi connectivity index (χ4v) is 4.94. The van der Waals surface area contributed by atoms with Crippen molar-refractivity contribution in [3.05, 3.63) is 106 Å². The van der Waals surface area contributed by atoms with Gasteiger partial charge in [0, 0.05) is 11.4 Å². The van der Waals surface area contributed by atoms with Crippen LogP contribution < -0.4 is 10.2 Å². The molecule has 164 valence electrons. The first-order valence-corrected chi connectivity index (χ1v) is 11.5. The van der Waals surface area contributed by atoms with Crippen molar-refractivity contribution in [1.82, 2.24) is 0 Å². The van der Waals surface area contributed by atoms with Crippen molar-refractivity contribution in [3.8, 4) is 6.07 Å². The predicted molar refractivity (Wildman–Crippen MR) is 133 cm³/mol. The highest BCUT2D eigenvalue weighted by molar-refractivity contribution is 8.05. The molecule has 1 aliphatic heterocycles. The Balaban J connectivity index is 1.72. The molecule has 1 heterocycles. The van der Waals surface area contributed by atoms with Gasteiger partial charge in [-0.05, 0) is 49.6 Å². The molecule has 0 bridgehead atoms. The Labute approximate surface area is 197 Å². The van der Waals surface area contributed by atoms with E-state index in [2.05, 4.69) is 5.32 Å². The molecule has 1 N–H and O–H groups in total. The lowest BCUT2D eigenvalue weighted by Crippen LogP contribution is -2.30. The monoisotopic (exact) mass is 453 g/mol. The summed E-state index contributed by atoms with van der Waals surface area (Å²) in [6.45, 7) is 3.90. The predicted octanol–water partition coefficient (Wildman–Crippen LogP) is 5.37. The van der Waals surface area contributed by atoms with Crippen LogP contribution in [0.25, 0.3) is 0 Å². The van der Waals surface area contributed by atoms with Crippen LogP contribution in [0.3, 0.4) is 0 Å². The minimum Gasteiger partial charge on any atom is -0.321 e. The molecule has 6 heteroatoms. The van der Waals surface area contributed by atoms with Crippen molar-refractivity contribution in [2.75, 3.05) is 10.2 Å². The van der Waals surface area contributed by atoms with Gasteiger partial charge in [-0.3, -0.25) is 14.5 Å². The van der Waals surface area contributed by atoms with Crippen LogP contribution in [0, 0.1) is 25.2 Å². The molecule has 1 atom stereocenters. The Bertz CT molecular complexity index is 1260. The number of nitriles is 1. The third-order valence-corrected chi connectivity index (χ3v) is 6.72. The highest BCUT2D eigenvalue weighted by Crippen LogP contribution is 2.42. The summed E-state index contributed by atoms with van der Waals surface area (Å²) in [5.74, 6) is -0.669. The molecule has 33 heavy (non-hydrogen) atoms. The number of anilines is 2. The summed E-state index contributed by atoms with van der Waals surface area (Å²) in [5, 5.41) is 12.7. The number of aryl methyl sites for hydroxylation is 2. The lowest BCUT2D eigenvalue weighted by Gasteiger charge is -2.18. The standard InChI is InChI=1S/C27H23N3O2S/c1-18-12-14-20(15-13-18)16-24-26(32)30(21-9-4-3-5-10-21)27(33-24)22(17-28)25(31)29-23-11-7-6-8-19(23)2/h3-15,24H,16H2,1-2H3,(H,29,31)/b27-22-. The Morgan fingerprint density at radius 3 is 2.33 bits per heavy atom. The molecule has 5 nitrogen and oxygen atoms in total. The van der Waals surface area contributed by atoms with Gasteiger partial charge in [0.2, 0.25) is 5.91 Å². The Kier molecular flexibility index (Phi) is 6.62. The van der Waals surface area contributed by atoms with E-state index in [1.165, 1.54) is 16.7 Å². The molecule has 1 fully saturated rings. The summed E-state index contributed by atoms with van der Waals surface area (Å²) in [7, 11) is 0. The molecule has 2 amide bonds. The third-order valence-electron chi connectivity index (χ3n) is 5.45. The number of benzene rings is 3. The van der Waals surface area contributed by atoms with Crippen LogP contribution in [0.15, 0.2) is 89.5 Å². The van der Waals surface area contributed by atoms with Gasteiger partial charge in [0.05, 0.1) is 5.25 Å². The van der Waals surface area contributed by atoms with Gasteiger partial charge in [0.1, 0.15) is 16.7 Å². The van der Waals surface area contributed by atoms with Crippen LogP contribution in [0.1, 0.15) is 16.7 Å². The van der Waals surface area contributed by atoms with E-state index in [1.54, 1.807) is 18.2 Å². The second-order valence-corrected chi connectivity index (χ2v) is 9.06. The van der Waals surface area contributed by atoms with E-state index in [9.17, 15) is 14.9 Å². The highest BCUT2D eigenvalue weighted by atomic mass is 32.2. The summed E-state index contributed by atoms with van der Waals surface area (Å²) >= 11 is 1.27. The van der Waals surface area contributed by atoms with Gasteiger partial charge >= 0.3 is 0 Å². The van der Waals surface area contributed by atoms with Crippen molar-refractivity contribution < 1.29 is 9.59 Å². The number of hydrogen-bond acceptors (Lipinski definition) is 4. The molecule has 0 saturated carbocycles. The molecule has 0 aromatic heterocycles. The van der Waals surface area contributed by atoms with E-state index in [4.69, 9.17) is 0 Å². The molecule has 1 aliphatic rings. The highest BCUT2D eigenvalue weighted by Gasteiger charge is 2.40. The van der Waals surface area contributed by atoms with Crippen molar-refractivity contribution in [3.63, 3.8) is 0 Å². The molecule has 4 rings (SSSR count). The van der Waals surface area contributed by atoms with E-state index in [-0.39, 0.29) is 11.5 Å². The number of nitrogens with zero attached hydrogens (tertiary/aromatic N) is 2. The van der Waals surface area contributed by atoms with E-state index in [1.807, 2.05) is 80.6 Å². The van der Waals surface area contributed by atoms with Crippen LogP contribution in [-0.2, 0) is 16.0 Å².